The normalized spacial score (nSPS) is 24.5. The molecule has 0 spiro atoms. The first-order valence-electron chi connectivity index (χ1n) is 7.55. The summed E-state index contributed by atoms with van der Waals surface area (Å²) < 4.78 is 5.54. The minimum absolute atomic E-state index is 0.230. The summed E-state index contributed by atoms with van der Waals surface area (Å²) in [6.45, 7) is 2.29. The second-order valence-electron chi connectivity index (χ2n) is 5.93. The lowest BCUT2D eigenvalue weighted by atomic mass is 9.91. The van der Waals surface area contributed by atoms with Crippen molar-refractivity contribution in [3.63, 3.8) is 0 Å². The molecule has 1 aliphatic carbocycles. The third kappa shape index (κ3) is 3.04. The summed E-state index contributed by atoms with van der Waals surface area (Å²) in [6.07, 6.45) is 7.42. The van der Waals surface area contributed by atoms with Gasteiger partial charge in [0.15, 0.2) is 0 Å². The number of furan rings is 1. The first kappa shape index (κ1) is 13.6. The first-order valence-corrected chi connectivity index (χ1v) is 7.55. The zero-order valence-corrected chi connectivity index (χ0v) is 11.8. The van der Waals surface area contributed by atoms with Crippen molar-refractivity contribution in [1.82, 2.24) is 10.2 Å². The number of nitrogens with two attached hydrogens (primary N) is 1. The van der Waals surface area contributed by atoms with Crippen LogP contribution in [0.5, 0.6) is 0 Å². The smallest absolute Gasteiger partial charge is 0.231 e. The summed E-state index contributed by atoms with van der Waals surface area (Å²) in [5.74, 6) is 0.923. The molecule has 0 aromatic carbocycles. The Hall–Kier alpha value is -1.33. The van der Waals surface area contributed by atoms with E-state index < -0.39 is 0 Å². The van der Waals surface area contributed by atoms with Crippen LogP contribution in [0.3, 0.4) is 0 Å². The molecule has 20 heavy (non-hydrogen) atoms. The summed E-state index contributed by atoms with van der Waals surface area (Å²) >= 11 is 0. The maximum Gasteiger partial charge on any atom is 0.231 e. The van der Waals surface area contributed by atoms with Crippen molar-refractivity contribution < 1.29 is 9.21 Å². The Bertz CT molecular complexity index is 463. The largest absolute Gasteiger partial charge is 0.469 e. The maximum absolute atomic E-state index is 10.9. The number of rotatable bonds is 4. The molecule has 1 fully saturated rings. The molecule has 5 nitrogen and oxygen atoms in total. The second kappa shape index (κ2) is 5.97. The molecule has 3 rings (SSSR count). The fourth-order valence-electron chi connectivity index (χ4n) is 3.42. The van der Waals surface area contributed by atoms with Gasteiger partial charge in [0, 0.05) is 37.2 Å². The van der Waals surface area contributed by atoms with E-state index >= 15 is 0 Å². The lowest BCUT2D eigenvalue weighted by Gasteiger charge is -2.35. The Kier molecular flexibility index (Phi) is 4.08. The Balaban J connectivity index is 1.52. The third-order valence-corrected chi connectivity index (χ3v) is 4.46. The molecule has 3 N–H and O–H groups in total. The number of hydrogen-bond acceptors (Lipinski definition) is 4. The van der Waals surface area contributed by atoms with E-state index in [1.54, 1.807) is 6.26 Å². The van der Waals surface area contributed by atoms with E-state index in [4.69, 9.17) is 10.2 Å². The summed E-state index contributed by atoms with van der Waals surface area (Å²) in [5, 5.41) is 3.77. The average Bonchev–Trinajstić information content (AvgIpc) is 2.90. The van der Waals surface area contributed by atoms with Gasteiger partial charge >= 0.3 is 0 Å². The predicted molar refractivity (Wildman–Crippen MR) is 76.2 cm³/mol. The quantitative estimate of drug-likeness (QED) is 0.867. The second-order valence-corrected chi connectivity index (χ2v) is 5.93. The predicted octanol–water partition coefficient (Wildman–Crippen LogP) is 1.20. The Morgan fingerprint density at radius 2 is 2.20 bits per heavy atom. The highest BCUT2D eigenvalue weighted by Gasteiger charge is 2.27. The number of likely N-dealkylation sites (tertiary alicyclic amines) is 1. The van der Waals surface area contributed by atoms with Gasteiger partial charge in [0.25, 0.3) is 0 Å². The number of fused-ring (bicyclic) bond motifs is 1. The highest BCUT2D eigenvalue weighted by Crippen LogP contribution is 2.31. The molecule has 1 saturated heterocycles. The Morgan fingerprint density at radius 3 is 2.95 bits per heavy atom. The summed E-state index contributed by atoms with van der Waals surface area (Å²) in [5.41, 5.74) is 6.59. The van der Waals surface area contributed by atoms with Gasteiger partial charge < -0.3 is 15.5 Å². The first-order chi connectivity index (χ1) is 9.72. The highest BCUT2D eigenvalue weighted by molar-refractivity contribution is 5.75. The van der Waals surface area contributed by atoms with Gasteiger partial charge in [-0.1, -0.05) is 0 Å². The Morgan fingerprint density at radius 1 is 1.40 bits per heavy atom. The zero-order chi connectivity index (χ0) is 13.9. The van der Waals surface area contributed by atoms with Crippen LogP contribution in [-0.4, -0.2) is 36.5 Å². The van der Waals surface area contributed by atoms with Crippen LogP contribution in [0.1, 0.15) is 43.0 Å². The number of hydrogen-bond donors (Lipinski definition) is 2. The molecule has 0 radical (unpaired) electrons. The van der Waals surface area contributed by atoms with Gasteiger partial charge in [-0.05, 0) is 31.7 Å². The number of piperidine rings is 1. The Labute approximate surface area is 119 Å². The number of nitrogens with zero attached hydrogens (tertiary/aromatic N) is 1. The van der Waals surface area contributed by atoms with Crippen LogP contribution in [0.25, 0.3) is 0 Å². The van der Waals surface area contributed by atoms with Crippen molar-refractivity contribution in [3.8, 4) is 0 Å². The minimum atomic E-state index is -0.230. The fraction of sp³-hybridized carbons (Fsp3) is 0.667. The minimum Gasteiger partial charge on any atom is -0.469 e. The van der Waals surface area contributed by atoms with E-state index in [1.807, 2.05) is 0 Å². The van der Waals surface area contributed by atoms with Crippen molar-refractivity contribution in [2.24, 2.45) is 5.73 Å². The lowest BCUT2D eigenvalue weighted by molar-refractivity contribution is -0.119. The van der Waals surface area contributed by atoms with E-state index in [0.717, 1.165) is 38.1 Å². The SMILES string of the molecule is NC(=O)CN1CCC(NC2CCCc3occc32)CC1. The van der Waals surface area contributed by atoms with Gasteiger partial charge in [-0.2, -0.15) is 0 Å². The lowest BCUT2D eigenvalue weighted by Crippen LogP contribution is -2.46. The van der Waals surface area contributed by atoms with Crippen molar-refractivity contribution in [2.75, 3.05) is 19.6 Å². The average molecular weight is 277 g/mol. The molecule has 1 aliphatic heterocycles. The third-order valence-electron chi connectivity index (χ3n) is 4.46. The molecule has 0 saturated carbocycles. The van der Waals surface area contributed by atoms with Gasteiger partial charge in [0.1, 0.15) is 5.76 Å². The van der Waals surface area contributed by atoms with E-state index in [2.05, 4.69) is 16.3 Å². The molecule has 2 aliphatic rings. The number of nitrogens with one attached hydrogen (secondary N) is 1. The molecule has 1 unspecified atom stereocenters. The van der Waals surface area contributed by atoms with Gasteiger partial charge in [0.05, 0.1) is 12.8 Å². The molecular formula is C15H23N3O2. The van der Waals surface area contributed by atoms with Crippen LogP contribution in [0.4, 0.5) is 0 Å². The number of amides is 1. The molecule has 1 aromatic rings. The molecule has 0 bridgehead atoms. The molecule has 5 heteroatoms. The van der Waals surface area contributed by atoms with Crippen molar-refractivity contribution in [3.05, 3.63) is 23.7 Å². The van der Waals surface area contributed by atoms with E-state index in [1.165, 1.54) is 18.4 Å². The molecule has 1 amide bonds. The van der Waals surface area contributed by atoms with Crippen LogP contribution in [0.2, 0.25) is 0 Å². The number of carbonyl (C=O) groups excluding carboxylic acids is 1. The molecule has 1 aromatic heterocycles. The number of carbonyl (C=O) groups is 1. The molecule has 1 atom stereocenters. The number of aryl methyl sites for hydroxylation is 1. The summed E-state index contributed by atoms with van der Waals surface area (Å²) in [7, 11) is 0. The summed E-state index contributed by atoms with van der Waals surface area (Å²) in [6, 6.07) is 3.07. The molecule has 110 valence electrons. The van der Waals surface area contributed by atoms with Gasteiger partial charge in [-0.25, -0.2) is 0 Å². The van der Waals surface area contributed by atoms with Crippen molar-refractivity contribution >= 4 is 5.91 Å². The van der Waals surface area contributed by atoms with Gasteiger partial charge in [-0.15, -0.1) is 0 Å². The van der Waals surface area contributed by atoms with E-state index in [0.29, 0.717) is 18.6 Å². The molecule has 2 heterocycles. The zero-order valence-electron chi connectivity index (χ0n) is 11.8. The highest BCUT2D eigenvalue weighted by atomic mass is 16.3. The van der Waals surface area contributed by atoms with Gasteiger partial charge in [0.2, 0.25) is 5.91 Å². The van der Waals surface area contributed by atoms with E-state index in [-0.39, 0.29) is 5.91 Å². The topological polar surface area (TPSA) is 71.5 Å². The van der Waals surface area contributed by atoms with Crippen LogP contribution >= 0.6 is 0 Å². The summed E-state index contributed by atoms with van der Waals surface area (Å²) in [4.78, 5) is 13.1. The van der Waals surface area contributed by atoms with Crippen molar-refractivity contribution in [1.29, 1.82) is 0 Å². The van der Waals surface area contributed by atoms with Crippen LogP contribution in [0.15, 0.2) is 16.7 Å². The van der Waals surface area contributed by atoms with Crippen LogP contribution < -0.4 is 11.1 Å². The number of primary amides is 1. The molecular weight excluding hydrogens is 254 g/mol. The fourth-order valence-corrected chi connectivity index (χ4v) is 3.42. The monoisotopic (exact) mass is 277 g/mol. The standard InChI is InChI=1S/C15H23N3O2/c16-15(19)10-18-7-4-11(5-8-18)17-13-2-1-3-14-12(13)6-9-20-14/h6,9,11,13,17H,1-5,7-8,10H2,(H2,16,19). The van der Waals surface area contributed by atoms with Crippen LogP contribution in [-0.2, 0) is 11.2 Å². The maximum atomic E-state index is 10.9. The van der Waals surface area contributed by atoms with Gasteiger partial charge in [-0.3, -0.25) is 9.69 Å². The van der Waals surface area contributed by atoms with E-state index in [9.17, 15) is 4.79 Å². The van der Waals surface area contributed by atoms with Crippen LogP contribution in [0, 0.1) is 0 Å². The van der Waals surface area contributed by atoms with Crippen molar-refractivity contribution in [2.45, 2.75) is 44.2 Å².